The Morgan fingerprint density at radius 2 is 2.05 bits per heavy atom. The largest absolute Gasteiger partial charge is 0.392 e. The number of likely N-dealkylation sites (N-methyl/N-ethyl adjacent to an activating group) is 1. The molecule has 106 valence electrons. The summed E-state index contributed by atoms with van der Waals surface area (Å²) in [5, 5.41) is 14.0. The molecule has 7 heteroatoms. The summed E-state index contributed by atoms with van der Waals surface area (Å²) in [5.41, 5.74) is 0. The first-order valence-corrected chi connectivity index (χ1v) is 6.77. The first-order valence-electron chi connectivity index (χ1n) is 6.77. The van der Waals surface area contributed by atoms with E-state index >= 15 is 0 Å². The van der Waals surface area contributed by atoms with E-state index < -0.39 is 6.10 Å². The molecule has 0 aliphatic carbocycles. The Morgan fingerprint density at radius 1 is 1.26 bits per heavy atom. The minimum absolute atomic E-state index is 0.192. The first-order chi connectivity index (χ1) is 9.24. The molecule has 0 amide bonds. The van der Waals surface area contributed by atoms with Gasteiger partial charge in [-0.05, 0) is 18.6 Å². The number of aromatic nitrogens is 2. The number of hydrogen-bond donors (Lipinski definition) is 1. The second kappa shape index (κ2) is 5.44. The van der Waals surface area contributed by atoms with E-state index in [2.05, 4.69) is 27.0 Å². The summed E-state index contributed by atoms with van der Waals surface area (Å²) < 4.78 is 10.7. The maximum Gasteiger partial charge on any atom is 0.266 e. The standard InChI is InChI=1S/C12H20N4O3/c1-15-3-5-16(6-4-15)12-13-11(19-14-12)9-8-18-7-2-10(9)17/h9-10,17H,2-8H2,1H3. The maximum atomic E-state index is 9.95. The molecule has 19 heavy (non-hydrogen) atoms. The van der Waals surface area contributed by atoms with Crippen LogP contribution < -0.4 is 4.90 Å². The van der Waals surface area contributed by atoms with Crippen molar-refractivity contribution in [2.24, 2.45) is 0 Å². The quantitative estimate of drug-likeness (QED) is 0.788. The number of aliphatic hydroxyl groups excluding tert-OH is 1. The van der Waals surface area contributed by atoms with Crippen LogP contribution in [0, 0.1) is 0 Å². The van der Waals surface area contributed by atoms with Crippen molar-refractivity contribution in [3.8, 4) is 0 Å². The monoisotopic (exact) mass is 268 g/mol. The number of anilines is 1. The third-order valence-electron chi connectivity index (χ3n) is 3.85. The van der Waals surface area contributed by atoms with Crippen LogP contribution in [0.4, 0.5) is 5.95 Å². The average molecular weight is 268 g/mol. The molecule has 2 atom stereocenters. The van der Waals surface area contributed by atoms with Gasteiger partial charge in [-0.15, -0.1) is 0 Å². The maximum absolute atomic E-state index is 9.95. The van der Waals surface area contributed by atoms with Gasteiger partial charge < -0.3 is 24.2 Å². The molecule has 0 radical (unpaired) electrons. The van der Waals surface area contributed by atoms with Crippen molar-refractivity contribution in [1.82, 2.24) is 15.0 Å². The van der Waals surface area contributed by atoms with Gasteiger partial charge in [-0.1, -0.05) is 0 Å². The molecule has 7 nitrogen and oxygen atoms in total. The number of ether oxygens (including phenoxy) is 1. The zero-order chi connectivity index (χ0) is 13.2. The Labute approximate surface area is 112 Å². The summed E-state index contributed by atoms with van der Waals surface area (Å²) in [6.45, 7) is 4.85. The van der Waals surface area contributed by atoms with Gasteiger partial charge >= 0.3 is 0 Å². The van der Waals surface area contributed by atoms with Crippen molar-refractivity contribution in [3.63, 3.8) is 0 Å². The van der Waals surface area contributed by atoms with Gasteiger partial charge in [0.05, 0.1) is 18.6 Å². The Morgan fingerprint density at radius 3 is 2.79 bits per heavy atom. The lowest BCUT2D eigenvalue weighted by Gasteiger charge is -2.31. The van der Waals surface area contributed by atoms with Crippen LogP contribution in [0.3, 0.4) is 0 Å². The molecule has 3 heterocycles. The minimum atomic E-state index is -0.450. The van der Waals surface area contributed by atoms with Gasteiger partial charge in [0.2, 0.25) is 5.89 Å². The fraction of sp³-hybridized carbons (Fsp3) is 0.833. The normalized spacial score (nSPS) is 29.7. The summed E-state index contributed by atoms with van der Waals surface area (Å²) >= 11 is 0. The van der Waals surface area contributed by atoms with Crippen LogP contribution in [0.2, 0.25) is 0 Å². The molecule has 0 saturated carbocycles. The van der Waals surface area contributed by atoms with E-state index in [1.54, 1.807) is 0 Å². The number of piperazine rings is 1. The van der Waals surface area contributed by atoms with Crippen LogP contribution in [0.15, 0.2) is 4.52 Å². The molecule has 0 spiro atoms. The van der Waals surface area contributed by atoms with E-state index in [4.69, 9.17) is 9.26 Å². The van der Waals surface area contributed by atoms with E-state index in [1.807, 2.05) is 0 Å². The van der Waals surface area contributed by atoms with Gasteiger partial charge in [0.15, 0.2) is 0 Å². The fourth-order valence-corrected chi connectivity index (χ4v) is 2.47. The highest BCUT2D eigenvalue weighted by molar-refractivity contribution is 5.29. The molecule has 2 saturated heterocycles. The molecule has 2 aliphatic rings. The molecule has 1 N–H and O–H groups in total. The van der Waals surface area contributed by atoms with Gasteiger partial charge in [0.25, 0.3) is 5.95 Å². The number of hydrogen-bond acceptors (Lipinski definition) is 7. The summed E-state index contributed by atoms with van der Waals surface area (Å²) in [5.74, 6) is 0.921. The van der Waals surface area contributed by atoms with Crippen LogP contribution in [-0.2, 0) is 4.74 Å². The topological polar surface area (TPSA) is 74.9 Å². The third kappa shape index (κ3) is 2.72. The fourth-order valence-electron chi connectivity index (χ4n) is 2.47. The second-order valence-corrected chi connectivity index (χ2v) is 5.26. The Kier molecular flexibility index (Phi) is 3.67. The van der Waals surface area contributed by atoms with Crippen molar-refractivity contribution in [2.45, 2.75) is 18.4 Å². The summed E-state index contributed by atoms with van der Waals surface area (Å²) in [4.78, 5) is 8.81. The minimum Gasteiger partial charge on any atom is -0.392 e. The molecule has 0 aromatic carbocycles. The van der Waals surface area contributed by atoms with Crippen molar-refractivity contribution < 1.29 is 14.4 Å². The summed E-state index contributed by atoms with van der Waals surface area (Å²) in [6, 6.07) is 0. The van der Waals surface area contributed by atoms with E-state index in [9.17, 15) is 5.11 Å². The summed E-state index contributed by atoms with van der Waals surface area (Å²) in [6.07, 6.45) is 0.172. The smallest absolute Gasteiger partial charge is 0.266 e. The van der Waals surface area contributed by atoms with Crippen molar-refractivity contribution in [3.05, 3.63) is 5.89 Å². The molecule has 1 aromatic heterocycles. The molecule has 1 aromatic rings. The summed E-state index contributed by atoms with van der Waals surface area (Å²) in [7, 11) is 2.11. The zero-order valence-corrected chi connectivity index (χ0v) is 11.2. The zero-order valence-electron chi connectivity index (χ0n) is 11.2. The van der Waals surface area contributed by atoms with E-state index in [0.717, 1.165) is 26.2 Å². The molecular formula is C12H20N4O3. The number of rotatable bonds is 2. The average Bonchev–Trinajstić information content (AvgIpc) is 2.89. The highest BCUT2D eigenvalue weighted by Gasteiger charge is 2.31. The lowest BCUT2D eigenvalue weighted by molar-refractivity contribution is -0.0149. The van der Waals surface area contributed by atoms with Gasteiger partial charge in [-0.2, -0.15) is 4.98 Å². The molecular weight excluding hydrogens is 248 g/mol. The molecule has 3 rings (SSSR count). The predicted molar refractivity (Wildman–Crippen MR) is 68.2 cm³/mol. The van der Waals surface area contributed by atoms with Crippen molar-refractivity contribution >= 4 is 5.95 Å². The first kappa shape index (κ1) is 12.8. The van der Waals surface area contributed by atoms with E-state index in [1.165, 1.54) is 0 Å². The Bertz CT molecular complexity index is 417. The highest BCUT2D eigenvalue weighted by atomic mass is 16.5. The lowest BCUT2D eigenvalue weighted by atomic mass is 9.99. The van der Waals surface area contributed by atoms with Crippen LogP contribution >= 0.6 is 0 Å². The highest BCUT2D eigenvalue weighted by Crippen LogP contribution is 2.26. The number of nitrogens with zero attached hydrogens (tertiary/aromatic N) is 4. The van der Waals surface area contributed by atoms with Gasteiger partial charge in [0.1, 0.15) is 0 Å². The van der Waals surface area contributed by atoms with Crippen molar-refractivity contribution in [1.29, 1.82) is 0 Å². The third-order valence-corrected chi connectivity index (χ3v) is 3.85. The number of aliphatic hydroxyl groups is 1. The van der Waals surface area contributed by atoms with Crippen LogP contribution in [0.5, 0.6) is 0 Å². The lowest BCUT2D eigenvalue weighted by Crippen LogP contribution is -2.45. The molecule has 2 fully saturated rings. The van der Waals surface area contributed by atoms with E-state index in [0.29, 0.717) is 31.5 Å². The van der Waals surface area contributed by atoms with E-state index in [-0.39, 0.29) is 5.92 Å². The second-order valence-electron chi connectivity index (χ2n) is 5.26. The molecule has 0 bridgehead atoms. The molecule has 2 unspecified atom stereocenters. The van der Waals surface area contributed by atoms with Crippen LogP contribution in [0.25, 0.3) is 0 Å². The predicted octanol–water partition coefficient (Wildman–Crippen LogP) is -0.314. The SMILES string of the molecule is CN1CCN(c2noc(C3COCCC3O)n2)CC1. The van der Waals surface area contributed by atoms with Crippen molar-refractivity contribution in [2.75, 3.05) is 51.3 Å². The molecule has 2 aliphatic heterocycles. The Hall–Kier alpha value is -1.18. The van der Waals surface area contributed by atoms with Gasteiger partial charge in [-0.3, -0.25) is 0 Å². The van der Waals surface area contributed by atoms with Gasteiger partial charge in [-0.25, -0.2) is 0 Å². The Balaban J connectivity index is 1.68. The van der Waals surface area contributed by atoms with Crippen LogP contribution in [-0.4, -0.2) is 72.7 Å². The van der Waals surface area contributed by atoms with Gasteiger partial charge in [0, 0.05) is 32.8 Å². The van der Waals surface area contributed by atoms with Crippen LogP contribution in [0.1, 0.15) is 18.2 Å².